The zero-order valence-corrected chi connectivity index (χ0v) is 12.8. The van der Waals surface area contributed by atoms with E-state index in [0.29, 0.717) is 5.11 Å². The first-order valence-electron chi connectivity index (χ1n) is 6.49. The van der Waals surface area contributed by atoms with Gasteiger partial charge in [0, 0.05) is 11.3 Å². The van der Waals surface area contributed by atoms with Crippen LogP contribution in [-0.4, -0.2) is 18.4 Å². The molecule has 0 saturated heterocycles. The number of nitrogens with zero attached hydrogens (tertiary/aromatic N) is 1. The molecule has 108 valence electrons. The minimum absolute atomic E-state index is 0.435. The van der Waals surface area contributed by atoms with E-state index in [1.165, 1.54) is 5.56 Å². The molecule has 0 aliphatic rings. The number of hydrogen-bond acceptors (Lipinski definition) is 3. The maximum atomic E-state index is 5.24. The third kappa shape index (κ3) is 4.57. The van der Waals surface area contributed by atoms with Crippen LogP contribution in [0.2, 0.25) is 0 Å². The average molecular weight is 299 g/mol. The highest BCUT2D eigenvalue weighted by molar-refractivity contribution is 7.80. The molecule has 0 atom stereocenters. The Hall–Kier alpha value is -2.40. The number of hydrogen-bond donors (Lipinski definition) is 2. The van der Waals surface area contributed by atoms with E-state index >= 15 is 0 Å². The molecule has 0 saturated carbocycles. The summed E-state index contributed by atoms with van der Waals surface area (Å²) >= 11 is 5.18. The van der Waals surface area contributed by atoms with Crippen molar-refractivity contribution in [2.75, 3.05) is 12.4 Å². The summed E-state index contributed by atoms with van der Waals surface area (Å²) in [5.74, 6) is 0.764. The van der Waals surface area contributed by atoms with Gasteiger partial charge in [0.15, 0.2) is 5.11 Å². The largest absolute Gasteiger partial charge is 0.496 e. The summed E-state index contributed by atoms with van der Waals surface area (Å²) in [5.41, 5.74) is 5.78. The van der Waals surface area contributed by atoms with Crippen LogP contribution in [0.1, 0.15) is 11.1 Å². The van der Waals surface area contributed by atoms with Crippen LogP contribution in [0.15, 0.2) is 53.6 Å². The van der Waals surface area contributed by atoms with Gasteiger partial charge in [0.1, 0.15) is 5.75 Å². The predicted octanol–water partition coefficient (Wildman–Crippen LogP) is 3.32. The van der Waals surface area contributed by atoms with Gasteiger partial charge in [-0.25, -0.2) is 0 Å². The Morgan fingerprint density at radius 2 is 1.86 bits per heavy atom. The third-order valence-electron chi connectivity index (χ3n) is 2.82. The second kappa shape index (κ2) is 7.40. The number of anilines is 1. The first-order valence-corrected chi connectivity index (χ1v) is 6.89. The number of thiocarbonyl (C=S) groups is 1. The molecule has 0 aliphatic heterocycles. The monoisotopic (exact) mass is 299 g/mol. The molecule has 0 unspecified atom stereocenters. The lowest BCUT2D eigenvalue weighted by atomic mass is 10.2. The standard InChI is InChI=1S/C16H17N3OS/c1-12-7-9-14(10-8-12)18-16(21)19-17-11-13-5-3-4-6-15(13)20-2/h3-11H,1-2H3,(H2,18,19,21). The molecular weight excluding hydrogens is 282 g/mol. The number of rotatable bonds is 4. The molecule has 2 aromatic rings. The normalized spacial score (nSPS) is 10.4. The topological polar surface area (TPSA) is 45.6 Å². The molecule has 5 heteroatoms. The van der Waals surface area contributed by atoms with Crippen molar-refractivity contribution < 1.29 is 4.74 Å². The van der Waals surface area contributed by atoms with Crippen LogP contribution in [0.5, 0.6) is 5.75 Å². The van der Waals surface area contributed by atoms with Crippen molar-refractivity contribution in [1.29, 1.82) is 0 Å². The molecular formula is C16H17N3OS. The van der Waals surface area contributed by atoms with Crippen molar-refractivity contribution in [2.45, 2.75) is 6.92 Å². The van der Waals surface area contributed by atoms with E-state index < -0.39 is 0 Å². The lowest BCUT2D eigenvalue weighted by Gasteiger charge is -2.07. The Balaban J connectivity index is 1.91. The van der Waals surface area contributed by atoms with Crippen molar-refractivity contribution in [3.8, 4) is 5.75 Å². The molecule has 4 nitrogen and oxygen atoms in total. The summed E-state index contributed by atoms with van der Waals surface area (Å²) in [4.78, 5) is 0. The van der Waals surface area contributed by atoms with Gasteiger partial charge in [-0.05, 0) is 43.4 Å². The number of benzene rings is 2. The molecule has 2 rings (SSSR count). The van der Waals surface area contributed by atoms with E-state index in [1.807, 2.05) is 55.5 Å². The number of ether oxygens (including phenoxy) is 1. The second-order valence-corrected chi connectivity index (χ2v) is 4.84. The van der Waals surface area contributed by atoms with E-state index in [4.69, 9.17) is 17.0 Å². The maximum Gasteiger partial charge on any atom is 0.191 e. The van der Waals surface area contributed by atoms with Crippen molar-refractivity contribution in [3.05, 3.63) is 59.7 Å². The zero-order valence-electron chi connectivity index (χ0n) is 12.0. The molecule has 0 heterocycles. The molecule has 0 radical (unpaired) electrons. The molecule has 0 fully saturated rings. The van der Waals surface area contributed by atoms with E-state index in [9.17, 15) is 0 Å². The number of methoxy groups -OCH3 is 1. The van der Waals surface area contributed by atoms with Gasteiger partial charge in [-0.1, -0.05) is 29.8 Å². The SMILES string of the molecule is COc1ccccc1C=NNC(=S)Nc1ccc(C)cc1. The van der Waals surface area contributed by atoms with Crippen LogP contribution in [-0.2, 0) is 0 Å². The highest BCUT2D eigenvalue weighted by Gasteiger charge is 1.98. The Morgan fingerprint density at radius 3 is 2.57 bits per heavy atom. The van der Waals surface area contributed by atoms with Crippen molar-refractivity contribution in [3.63, 3.8) is 0 Å². The van der Waals surface area contributed by atoms with Crippen molar-refractivity contribution >= 4 is 29.2 Å². The van der Waals surface area contributed by atoms with Gasteiger partial charge in [0.05, 0.1) is 13.3 Å². The summed E-state index contributed by atoms with van der Waals surface area (Å²) in [7, 11) is 1.63. The van der Waals surface area contributed by atoms with E-state index in [-0.39, 0.29) is 0 Å². The van der Waals surface area contributed by atoms with Crippen LogP contribution in [0.25, 0.3) is 0 Å². The molecule has 0 bridgehead atoms. The highest BCUT2D eigenvalue weighted by Crippen LogP contribution is 2.14. The van der Waals surface area contributed by atoms with Gasteiger partial charge in [-0.3, -0.25) is 5.43 Å². The fourth-order valence-electron chi connectivity index (χ4n) is 1.73. The smallest absolute Gasteiger partial charge is 0.191 e. The van der Waals surface area contributed by atoms with E-state index in [2.05, 4.69) is 15.8 Å². The first kappa shape index (κ1) is 15.0. The molecule has 21 heavy (non-hydrogen) atoms. The fourth-order valence-corrected chi connectivity index (χ4v) is 1.90. The quantitative estimate of drug-likeness (QED) is 0.516. The van der Waals surface area contributed by atoms with E-state index in [1.54, 1.807) is 13.3 Å². The first-order chi connectivity index (χ1) is 10.2. The molecule has 0 aromatic heterocycles. The Morgan fingerprint density at radius 1 is 1.14 bits per heavy atom. The lowest BCUT2D eigenvalue weighted by Crippen LogP contribution is -2.23. The van der Waals surface area contributed by atoms with Gasteiger partial charge < -0.3 is 10.1 Å². The minimum Gasteiger partial charge on any atom is -0.496 e. The van der Waals surface area contributed by atoms with Crippen LogP contribution in [0.3, 0.4) is 0 Å². The highest BCUT2D eigenvalue weighted by atomic mass is 32.1. The van der Waals surface area contributed by atoms with Crippen molar-refractivity contribution in [2.24, 2.45) is 5.10 Å². The van der Waals surface area contributed by atoms with Gasteiger partial charge in [0.25, 0.3) is 0 Å². The number of hydrazone groups is 1. The Bertz CT molecular complexity index is 638. The summed E-state index contributed by atoms with van der Waals surface area (Å²) in [6.45, 7) is 2.04. The Kier molecular flexibility index (Phi) is 5.29. The van der Waals surface area contributed by atoms with Gasteiger partial charge >= 0.3 is 0 Å². The summed E-state index contributed by atoms with van der Waals surface area (Å²) < 4.78 is 5.24. The van der Waals surface area contributed by atoms with Crippen LogP contribution in [0, 0.1) is 6.92 Å². The Labute approximate surface area is 129 Å². The second-order valence-electron chi connectivity index (χ2n) is 4.43. The summed E-state index contributed by atoms with van der Waals surface area (Å²) in [6, 6.07) is 15.6. The fraction of sp³-hybridized carbons (Fsp3) is 0.125. The van der Waals surface area contributed by atoms with Crippen LogP contribution in [0.4, 0.5) is 5.69 Å². The zero-order chi connectivity index (χ0) is 15.1. The van der Waals surface area contributed by atoms with E-state index in [0.717, 1.165) is 17.0 Å². The van der Waals surface area contributed by atoms with Gasteiger partial charge in [-0.15, -0.1) is 0 Å². The van der Waals surface area contributed by atoms with Crippen LogP contribution < -0.4 is 15.5 Å². The van der Waals surface area contributed by atoms with Crippen molar-refractivity contribution in [1.82, 2.24) is 5.43 Å². The molecule has 2 N–H and O–H groups in total. The summed E-state index contributed by atoms with van der Waals surface area (Å²) in [5, 5.41) is 7.60. The lowest BCUT2D eigenvalue weighted by molar-refractivity contribution is 0.414. The van der Waals surface area contributed by atoms with Gasteiger partial charge in [0.2, 0.25) is 0 Å². The number of aryl methyl sites for hydroxylation is 1. The third-order valence-corrected chi connectivity index (χ3v) is 3.01. The van der Waals surface area contributed by atoms with Gasteiger partial charge in [-0.2, -0.15) is 5.10 Å². The maximum absolute atomic E-state index is 5.24. The summed E-state index contributed by atoms with van der Waals surface area (Å²) in [6.07, 6.45) is 1.67. The predicted molar refractivity (Wildman–Crippen MR) is 91.1 cm³/mol. The average Bonchev–Trinajstić information content (AvgIpc) is 2.50. The molecule has 2 aromatic carbocycles. The minimum atomic E-state index is 0.435. The molecule has 0 aliphatic carbocycles. The molecule has 0 amide bonds. The van der Waals surface area contributed by atoms with Crippen LogP contribution >= 0.6 is 12.2 Å². The number of para-hydroxylation sites is 1. The molecule has 0 spiro atoms. The number of nitrogens with one attached hydrogen (secondary N) is 2.